The highest BCUT2D eigenvalue weighted by Crippen LogP contribution is 2.19. The lowest BCUT2D eigenvalue weighted by molar-refractivity contribution is -0.121. The summed E-state index contributed by atoms with van der Waals surface area (Å²) < 4.78 is 5.01. The molecule has 0 heterocycles. The van der Waals surface area contributed by atoms with Crippen LogP contribution in [0.15, 0.2) is 11.6 Å². The summed E-state index contributed by atoms with van der Waals surface area (Å²) in [5, 5.41) is 11.8. The summed E-state index contributed by atoms with van der Waals surface area (Å²) in [7, 11) is 1.60. The van der Waals surface area contributed by atoms with Crippen molar-refractivity contribution in [2.24, 2.45) is 0 Å². The molecule has 0 spiro atoms. The molecule has 17 heavy (non-hydrogen) atoms. The van der Waals surface area contributed by atoms with Gasteiger partial charge in [-0.05, 0) is 32.1 Å². The molecule has 0 radical (unpaired) electrons. The third-order valence-corrected chi connectivity index (χ3v) is 2.98. The first-order chi connectivity index (χ1) is 8.26. The highest BCUT2D eigenvalue weighted by molar-refractivity contribution is 5.78. The van der Waals surface area contributed by atoms with Gasteiger partial charge in [0.25, 0.3) is 0 Å². The lowest BCUT2D eigenvalue weighted by Crippen LogP contribution is -2.38. The summed E-state index contributed by atoms with van der Waals surface area (Å²) in [6, 6.07) is -0.0818. The average molecular weight is 241 g/mol. The van der Waals surface area contributed by atoms with E-state index in [1.165, 1.54) is 18.4 Å². The first-order valence-corrected chi connectivity index (χ1v) is 6.33. The van der Waals surface area contributed by atoms with E-state index >= 15 is 0 Å². The minimum atomic E-state index is -0.0818. The molecule has 1 unspecified atom stereocenters. The van der Waals surface area contributed by atoms with Crippen LogP contribution in [0.5, 0.6) is 0 Å². The number of aliphatic hydroxyl groups is 1. The number of hydrogen-bond acceptors (Lipinski definition) is 3. The van der Waals surface area contributed by atoms with Crippen LogP contribution in [0.2, 0.25) is 0 Å². The normalized spacial score (nSPS) is 17.4. The average Bonchev–Trinajstić information content (AvgIpc) is 2.30. The topological polar surface area (TPSA) is 58.6 Å². The van der Waals surface area contributed by atoms with Crippen LogP contribution in [-0.4, -0.2) is 37.4 Å². The molecule has 2 N–H and O–H groups in total. The van der Waals surface area contributed by atoms with Crippen molar-refractivity contribution >= 4 is 5.91 Å². The van der Waals surface area contributed by atoms with Crippen LogP contribution in [-0.2, 0) is 9.53 Å². The Morgan fingerprint density at radius 1 is 1.59 bits per heavy atom. The molecule has 4 heteroatoms. The van der Waals surface area contributed by atoms with Gasteiger partial charge >= 0.3 is 0 Å². The molecule has 0 aromatic rings. The van der Waals surface area contributed by atoms with Crippen LogP contribution >= 0.6 is 0 Å². The van der Waals surface area contributed by atoms with E-state index in [1.807, 2.05) is 0 Å². The Hall–Kier alpha value is -0.870. The molecule has 1 aliphatic carbocycles. The molecule has 0 bridgehead atoms. The van der Waals surface area contributed by atoms with Gasteiger partial charge in [0.05, 0.1) is 12.6 Å². The molecule has 0 aromatic heterocycles. The molecular formula is C13H23NO3. The lowest BCUT2D eigenvalue weighted by atomic mass is 9.97. The predicted octanol–water partition coefficient (Wildman–Crippen LogP) is 1.39. The molecule has 0 aromatic carbocycles. The van der Waals surface area contributed by atoms with E-state index in [4.69, 9.17) is 9.84 Å². The minimum Gasteiger partial charge on any atom is -0.396 e. The van der Waals surface area contributed by atoms with Crippen molar-refractivity contribution in [2.45, 2.75) is 44.6 Å². The fraction of sp³-hybridized carbons (Fsp3) is 0.769. The number of carbonyl (C=O) groups excluding carboxylic acids is 1. The summed E-state index contributed by atoms with van der Waals surface area (Å²) in [5.41, 5.74) is 1.24. The van der Waals surface area contributed by atoms with E-state index in [2.05, 4.69) is 11.4 Å². The zero-order chi connectivity index (χ0) is 12.5. The van der Waals surface area contributed by atoms with Crippen LogP contribution in [0, 0.1) is 0 Å². The fourth-order valence-corrected chi connectivity index (χ4v) is 2.10. The molecule has 1 aliphatic rings. The standard InChI is InChI=1S/C13H23NO3/c1-17-10-12(7-8-15)14-13(16)9-11-5-3-2-4-6-11/h5,12,15H,2-4,6-10H2,1H3,(H,14,16). The second-order valence-electron chi connectivity index (χ2n) is 4.52. The maximum absolute atomic E-state index is 11.8. The number of carbonyl (C=O) groups is 1. The smallest absolute Gasteiger partial charge is 0.224 e. The second kappa shape index (κ2) is 8.25. The van der Waals surface area contributed by atoms with E-state index in [0.717, 1.165) is 12.8 Å². The highest BCUT2D eigenvalue weighted by Gasteiger charge is 2.13. The van der Waals surface area contributed by atoms with E-state index in [9.17, 15) is 4.79 Å². The SMILES string of the molecule is COCC(CCO)NC(=O)CC1=CCCCC1. The Balaban J connectivity index is 2.32. The summed E-state index contributed by atoms with van der Waals surface area (Å²) in [6.07, 6.45) is 7.78. The number of aliphatic hydroxyl groups excluding tert-OH is 1. The number of rotatable bonds is 7. The number of hydrogen-bond donors (Lipinski definition) is 2. The van der Waals surface area contributed by atoms with Gasteiger partial charge in [-0.1, -0.05) is 11.6 Å². The second-order valence-corrected chi connectivity index (χ2v) is 4.52. The molecule has 0 saturated carbocycles. The van der Waals surface area contributed by atoms with Gasteiger partial charge in [-0.2, -0.15) is 0 Å². The van der Waals surface area contributed by atoms with Crippen LogP contribution in [0.3, 0.4) is 0 Å². The van der Waals surface area contributed by atoms with Crippen molar-refractivity contribution in [2.75, 3.05) is 20.3 Å². The largest absolute Gasteiger partial charge is 0.396 e. The van der Waals surface area contributed by atoms with Crippen molar-refractivity contribution in [1.29, 1.82) is 0 Å². The molecule has 98 valence electrons. The number of amides is 1. The third-order valence-electron chi connectivity index (χ3n) is 2.98. The van der Waals surface area contributed by atoms with Gasteiger partial charge in [0.15, 0.2) is 0 Å². The zero-order valence-corrected chi connectivity index (χ0v) is 10.6. The maximum Gasteiger partial charge on any atom is 0.224 e. The molecule has 0 saturated heterocycles. The molecule has 1 amide bonds. The van der Waals surface area contributed by atoms with Crippen molar-refractivity contribution in [3.05, 3.63) is 11.6 Å². The maximum atomic E-state index is 11.8. The fourth-order valence-electron chi connectivity index (χ4n) is 2.10. The number of methoxy groups -OCH3 is 1. The van der Waals surface area contributed by atoms with E-state index < -0.39 is 0 Å². The number of ether oxygens (including phenoxy) is 1. The molecule has 0 aliphatic heterocycles. The van der Waals surface area contributed by atoms with Crippen LogP contribution in [0.25, 0.3) is 0 Å². The van der Waals surface area contributed by atoms with Crippen molar-refractivity contribution < 1.29 is 14.6 Å². The molecule has 1 atom stereocenters. The van der Waals surface area contributed by atoms with Crippen molar-refractivity contribution in [3.8, 4) is 0 Å². The van der Waals surface area contributed by atoms with Gasteiger partial charge in [0.1, 0.15) is 0 Å². The van der Waals surface area contributed by atoms with Gasteiger partial charge in [0, 0.05) is 20.1 Å². The quantitative estimate of drug-likeness (QED) is 0.662. The van der Waals surface area contributed by atoms with E-state index in [-0.39, 0.29) is 18.6 Å². The van der Waals surface area contributed by atoms with E-state index in [0.29, 0.717) is 19.4 Å². The first kappa shape index (κ1) is 14.2. The van der Waals surface area contributed by atoms with Crippen LogP contribution in [0.4, 0.5) is 0 Å². The summed E-state index contributed by atoms with van der Waals surface area (Å²) >= 11 is 0. The molecule has 1 rings (SSSR count). The number of allylic oxidation sites excluding steroid dienone is 1. The Morgan fingerprint density at radius 3 is 3.00 bits per heavy atom. The first-order valence-electron chi connectivity index (χ1n) is 6.33. The molecule has 0 fully saturated rings. The summed E-state index contributed by atoms with van der Waals surface area (Å²) in [4.78, 5) is 11.8. The lowest BCUT2D eigenvalue weighted by Gasteiger charge is -2.18. The molecular weight excluding hydrogens is 218 g/mol. The van der Waals surface area contributed by atoms with Gasteiger partial charge in [-0.15, -0.1) is 0 Å². The van der Waals surface area contributed by atoms with Crippen molar-refractivity contribution in [3.63, 3.8) is 0 Å². The van der Waals surface area contributed by atoms with E-state index in [1.54, 1.807) is 7.11 Å². The van der Waals surface area contributed by atoms with Crippen LogP contribution < -0.4 is 5.32 Å². The summed E-state index contributed by atoms with van der Waals surface area (Å²) in [5.74, 6) is 0.0358. The highest BCUT2D eigenvalue weighted by atomic mass is 16.5. The van der Waals surface area contributed by atoms with Gasteiger partial charge < -0.3 is 15.2 Å². The minimum absolute atomic E-state index is 0.0358. The van der Waals surface area contributed by atoms with Gasteiger partial charge in [-0.25, -0.2) is 0 Å². The summed E-state index contributed by atoms with van der Waals surface area (Å²) in [6.45, 7) is 0.516. The van der Waals surface area contributed by atoms with Gasteiger partial charge in [0.2, 0.25) is 5.91 Å². The molecule has 4 nitrogen and oxygen atoms in total. The van der Waals surface area contributed by atoms with Crippen molar-refractivity contribution in [1.82, 2.24) is 5.32 Å². The Kier molecular flexibility index (Phi) is 6.89. The number of nitrogens with one attached hydrogen (secondary N) is 1. The van der Waals surface area contributed by atoms with Crippen LogP contribution in [0.1, 0.15) is 38.5 Å². The Bertz CT molecular complexity index is 257. The predicted molar refractivity (Wildman–Crippen MR) is 66.7 cm³/mol. The Labute approximate surface area is 103 Å². The third kappa shape index (κ3) is 5.84. The monoisotopic (exact) mass is 241 g/mol. The zero-order valence-electron chi connectivity index (χ0n) is 10.6. The Morgan fingerprint density at radius 2 is 2.41 bits per heavy atom. The van der Waals surface area contributed by atoms with Gasteiger partial charge in [-0.3, -0.25) is 4.79 Å².